The first-order chi connectivity index (χ1) is 9.73. The summed E-state index contributed by atoms with van der Waals surface area (Å²) < 4.78 is 0. The van der Waals surface area contributed by atoms with Crippen LogP contribution in [0.2, 0.25) is 0 Å². The molecule has 7 heteroatoms. The zero-order valence-corrected chi connectivity index (χ0v) is 16.6. The number of thiol groups is 2. The normalized spacial score (nSPS) is 13.5. The van der Waals surface area contributed by atoms with E-state index in [4.69, 9.17) is 0 Å². The van der Waals surface area contributed by atoms with Crippen LogP contribution in [0, 0.1) is 0 Å². The van der Waals surface area contributed by atoms with E-state index in [2.05, 4.69) is 38.4 Å². The molecule has 0 fully saturated rings. The van der Waals surface area contributed by atoms with Crippen LogP contribution in [0.5, 0.6) is 0 Å². The van der Waals surface area contributed by atoms with Gasteiger partial charge >= 0.3 is 0 Å². The Balaban J connectivity index is 3.73. The summed E-state index contributed by atoms with van der Waals surface area (Å²) in [6.45, 7) is 10.7. The summed E-state index contributed by atoms with van der Waals surface area (Å²) in [6, 6.07) is 0. The predicted molar refractivity (Wildman–Crippen MR) is 107 cm³/mol. The highest BCUT2D eigenvalue weighted by molar-refractivity contribution is 8.15. The predicted octanol–water partition coefficient (Wildman–Crippen LogP) is 3.99. The first-order valence-corrected chi connectivity index (χ1v) is 10.5. The number of carbonyl (C=O) groups excluding carboxylic acids is 2. The standard InChI is InChI=1S/C14H22O2S5/c1-9(2)13(15)20-7-11(17)5-19-6-12(18)8-21-14(16)10(3)4/h11-12,17-18H,1,3,5-8H2,2,4H3. The first-order valence-electron chi connectivity index (χ1n) is 6.33. The summed E-state index contributed by atoms with van der Waals surface area (Å²) in [4.78, 5) is 22.8. The molecular weight excluding hydrogens is 360 g/mol. The minimum absolute atomic E-state index is 0.0285. The van der Waals surface area contributed by atoms with Gasteiger partial charge in [-0.1, -0.05) is 36.7 Å². The fourth-order valence-corrected chi connectivity index (χ4v) is 4.74. The Kier molecular flexibility index (Phi) is 12.4. The van der Waals surface area contributed by atoms with E-state index >= 15 is 0 Å². The second kappa shape index (κ2) is 12.0. The molecule has 0 aliphatic carbocycles. The maximum absolute atomic E-state index is 11.4. The van der Waals surface area contributed by atoms with Gasteiger partial charge in [0, 0.05) is 33.5 Å². The molecule has 2 atom stereocenters. The quantitative estimate of drug-likeness (QED) is 0.441. The Labute approximate surface area is 151 Å². The molecule has 0 N–H and O–H groups in total. The zero-order chi connectivity index (χ0) is 16.4. The van der Waals surface area contributed by atoms with E-state index in [1.165, 1.54) is 23.5 Å². The van der Waals surface area contributed by atoms with Crippen LogP contribution in [0.4, 0.5) is 0 Å². The average Bonchev–Trinajstić information content (AvgIpc) is 2.41. The van der Waals surface area contributed by atoms with Gasteiger partial charge in [0.1, 0.15) is 0 Å². The molecule has 0 spiro atoms. The van der Waals surface area contributed by atoms with Crippen molar-refractivity contribution < 1.29 is 9.59 Å². The average molecular weight is 383 g/mol. The Hall–Kier alpha value is 0.570. The van der Waals surface area contributed by atoms with Gasteiger partial charge in [0.25, 0.3) is 0 Å². The van der Waals surface area contributed by atoms with E-state index in [1.54, 1.807) is 25.6 Å². The SMILES string of the molecule is C=C(C)C(=O)SCC(S)CSCC(S)CSC(=O)C(=C)C. The maximum Gasteiger partial charge on any atom is 0.214 e. The fraction of sp³-hybridized carbons (Fsp3) is 0.571. The molecule has 0 amide bonds. The lowest BCUT2D eigenvalue weighted by Crippen LogP contribution is -2.13. The van der Waals surface area contributed by atoms with Crippen molar-refractivity contribution in [3.8, 4) is 0 Å². The molecule has 0 aliphatic heterocycles. The van der Waals surface area contributed by atoms with Crippen molar-refractivity contribution in [2.75, 3.05) is 23.0 Å². The largest absolute Gasteiger partial charge is 0.282 e. The molecule has 21 heavy (non-hydrogen) atoms. The van der Waals surface area contributed by atoms with Crippen LogP contribution >= 0.6 is 60.5 Å². The van der Waals surface area contributed by atoms with Crippen molar-refractivity contribution in [3.63, 3.8) is 0 Å². The van der Waals surface area contributed by atoms with Crippen molar-refractivity contribution in [1.82, 2.24) is 0 Å². The molecule has 0 rings (SSSR count). The highest BCUT2D eigenvalue weighted by Gasteiger charge is 2.12. The third-order valence-corrected chi connectivity index (χ3v) is 7.49. The molecule has 0 aromatic rings. The Morgan fingerprint density at radius 1 is 0.857 bits per heavy atom. The van der Waals surface area contributed by atoms with Gasteiger partial charge in [-0.15, -0.1) is 0 Å². The summed E-state index contributed by atoms with van der Waals surface area (Å²) in [5.74, 6) is 3.08. The monoisotopic (exact) mass is 382 g/mol. The third-order valence-electron chi connectivity index (χ3n) is 2.13. The molecule has 0 aromatic carbocycles. The number of hydrogen-bond acceptors (Lipinski definition) is 7. The van der Waals surface area contributed by atoms with Crippen molar-refractivity contribution >= 4 is 70.8 Å². The minimum atomic E-state index is 0.0285. The van der Waals surface area contributed by atoms with Gasteiger partial charge in [-0.05, 0) is 25.0 Å². The van der Waals surface area contributed by atoms with Crippen LogP contribution in [-0.4, -0.2) is 43.7 Å². The van der Waals surface area contributed by atoms with Gasteiger partial charge in [0.2, 0.25) is 10.2 Å². The van der Waals surface area contributed by atoms with E-state index in [0.29, 0.717) is 22.7 Å². The van der Waals surface area contributed by atoms with Crippen LogP contribution in [0.1, 0.15) is 13.8 Å². The van der Waals surface area contributed by atoms with Gasteiger partial charge in [-0.25, -0.2) is 0 Å². The Morgan fingerprint density at radius 3 is 1.48 bits per heavy atom. The van der Waals surface area contributed by atoms with Crippen molar-refractivity contribution in [2.24, 2.45) is 0 Å². The number of rotatable bonds is 10. The van der Waals surface area contributed by atoms with E-state index in [-0.39, 0.29) is 20.7 Å². The third kappa shape index (κ3) is 11.8. The second-order valence-electron chi connectivity index (χ2n) is 4.60. The topological polar surface area (TPSA) is 34.1 Å². The highest BCUT2D eigenvalue weighted by atomic mass is 32.2. The molecular formula is C14H22O2S5. The van der Waals surface area contributed by atoms with Crippen LogP contribution in [0.15, 0.2) is 24.3 Å². The first kappa shape index (κ1) is 21.6. The number of carbonyl (C=O) groups is 2. The molecule has 2 nitrogen and oxygen atoms in total. The Morgan fingerprint density at radius 2 is 1.19 bits per heavy atom. The lowest BCUT2D eigenvalue weighted by molar-refractivity contribution is -0.108. The highest BCUT2D eigenvalue weighted by Crippen LogP contribution is 2.20. The minimum Gasteiger partial charge on any atom is -0.282 e. The van der Waals surface area contributed by atoms with Gasteiger partial charge in [0.05, 0.1) is 0 Å². The van der Waals surface area contributed by atoms with E-state index < -0.39 is 0 Å². The molecule has 0 saturated carbocycles. The van der Waals surface area contributed by atoms with Gasteiger partial charge < -0.3 is 0 Å². The van der Waals surface area contributed by atoms with E-state index in [0.717, 1.165) is 11.5 Å². The van der Waals surface area contributed by atoms with Crippen LogP contribution in [0.3, 0.4) is 0 Å². The van der Waals surface area contributed by atoms with Crippen LogP contribution in [-0.2, 0) is 9.59 Å². The lowest BCUT2D eigenvalue weighted by atomic mass is 10.4. The van der Waals surface area contributed by atoms with Crippen LogP contribution in [0.25, 0.3) is 0 Å². The van der Waals surface area contributed by atoms with Crippen molar-refractivity contribution in [2.45, 2.75) is 24.3 Å². The van der Waals surface area contributed by atoms with E-state index in [9.17, 15) is 9.59 Å². The summed E-state index contributed by atoms with van der Waals surface area (Å²) >= 11 is 13.2. The number of hydrogen-bond donors (Lipinski definition) is 2. The molecule has 0 radical (unpaired) electrons. The molecule has 0 saturated heterocycles. The molecule has 0 heterocycles. The molecule has 0 aliphatic rings. The van der Waals surface area contributed by atoms with Gasteiger partial charge in [-0.3, -0.25) is 9.59 Å². The van der Waals surface area contributed by atoms with Crippen molar-refractivity contribution in [3.05, 3.63) is 24.3 Å². The fourth-order valence-electron chi connectivity index (χ4n) is 1.03. The lowest BCUT2D eigenvalue weighted by Gasteiger charge is -2.12. The Bertz CT molecular complexity index is 359. The maximum atomic E-state index is 11.4. The molecule has 120 valence electrons. The smallest absolute Gasteiger partial charge is 0.214 e. The summed E-state index contributed by atoms with van der Waals surface area (Å²) in [5.41, 5.74) is 1.14. The molecule has 0 bridgehead atoms. The molecule has 0 aromatic heterocycles. The molecule has 2 unspecified atom stereocenters. The van der Waals surface area contributed by atoms with E-state index in [1.807, 2.05) is 0 Å². The summed E-state index contributed by atoms with van der Waals surface area (Å²) in [6.07, 6.45) is 0. The summed E-state index contributed by atoms with van der Waals surface area (Å²) in [7, 11) is 0. The second-order valence-corrected chi connectivity index (χ2v) is 9.12. The van der Waals surface area contributed by atoms with Crippen LogP contribution < -0.4 is 0 Å². The zero-order valence-electron chi connectivity index (χ0n) is 12.3. The number of thioether (sulfide) groups is 3. The van der Waals surface area contributed by atoms with Crippen molar-refractivity contribution in [1.29, 1.82) is 0 Å². The summed E-state index contributed by atoms with van der Waals surface area (Å²) in [5, 5.41) is 0.378. The van der Waals surface area contributed by atoms with Gasteiger partial charge in [-0.2, -0.15) is 37.0 Å². The van der Waals surface area contributed by atoms with Gasteiger partial charge in [0.15, 0.2) is 0 Å².